The summed E-state index contributed by atoms with van der Waals surface area (Å²) >= 11 is 5.54. The standard InChI is InChI=1S/C47H40F5N9O4S/c1-46(2)44(65)60(29-15-12-26(22-53)33(20-29)47(50,51)52)45(66)61(46)30-16-17-31(34(49)21-30)36(62)8-6-4-5-7-9-38(64)57-28-13-10-25(11-14-28)41-40(43-55-24-56-59(43)3)42-39-32(37(63)23-54-42)18-27(48)19-35(39)58-41/h10-21,24,40-41,58H,4-9,23H2,1-3H3,(H,57,64)/t40?,41-/m1/s1. The van der Waals surface area contributed by atoms with Crippen LogP contribution in [0.2, 0.25) is 0 Å². The van der Waals surface area contributed by atoms with E-state index in [9.17, 15) is 42.0 Å². The van der Waals surface area contributed by atoms with Gasteiger partial charge in [0.25, 0.3) is 5.91 Å². The van der Waals surface area contributed by atoms with E-state index in [-0.39, 0.29) is 58.7 Å². The number of anilines is 4. The number of Topliss-reactive ketones (excluding diaryl/α,β-unsaturated/α-hetero) is 2. The molecule has 1 aromatic heterocycles. The predicted molar refractivity (Wildman–Crippen MR) is 239 cm³/mol. The average molecular weight is 922 g/mol. The fourth-order valence-corrected chi connectivity index (χ4v) is 9.24. The minimum absolute atomic E-state index is 0.0372. The van der Waals surface area contributed by atoms with Gasteiger partial charge in [0, 0.05) is 48.1 Å². The first-order chi connectivity index (χ1) is 31.4. The first-order valence-corrected chi connectivity index (χ1v) is 21.3. The van der Waals surface area contributed by atoms with Crippen LogP contribution in [-0.2, 0) is 22.8 Å². The number of aromatic nitrogens is 3. The van der Waals surface area contributed by atoms with Gasteiger partial charge < -0.3 is 15.5 Å². The van der Waals surface area contributed by atoms with Crippen LogP contribution in [0.1, 0.15) is 113 Å². The molecule has 66 heavy (non-hydrogen) atoms. The summed E-state index contributed by atoms with van der Waals surface area (Å²) in [5.74, 6) is -2.87. The van der Waals surface area contributed by atoms with E-state index in [4.69, 9.17) is 12.2 Å². The van der Waals surface area contributed by atoms with E-state index in [1.54, 1.807) is 23.9 Å². The lowest BCUT2D eigenvalue weighted by molar-refractivity contribution is -0.137. The van der Waals surface area contributed by atoms with Crippen molar-refractivity contribution in [1.82, 2.24) is 14.8 Å². The van der Waals surface area contributed by atoms with Crippen LogP contribution in [0.15, 0.2) is 84.1 Å². The van der Waals surface area contributed by atoms with Crippen molar-refractivity contribution in [1.29, 1.82) is 5.26 Å². The molecule has 4 aromatic carbocycles. The number of carbonyl (C=O) groups is 4. The van der Waals surface area contributed by atoms with E-state index >= 15 is 4.39 Å². The lowest BCUT2D eigenvalue weighted by atomic mass is 9.78. The first kappa shape index (κ1) is 45.4. The zero-order valence-electron chi connectivity index (χ0n) is 35.7. The van der Waals surface area contributed by atoms with Gasteiger partial charge in [-0.2, -0.15) is 23.5 Å². The number of alkyl halides is 3. The van der Waals surface area contributed by atoms with Gasteiger partial charge in [0.1, 0.15) is 35.9 Å². The van der Waals surface area contributed by atoms with Crippen LogP contribution in [-0.4, -0.2) is 61.1 Å². The van der Waals surface area contributed by atoms with E-state index in [1.165, 1.54) is 61.5 Å². The van der Waals surface area contributed by atoms with E-state index in [0.717, 1.165) is 22.6 Å². The zero-order chi connectivity index (χ0) is 47.2. The van der Waals surface area contributed by atoms with Crippen LogP contribution in [0, 0.1) is 23.0 Å². The molecule has 2 N–H and O–H groups in total. The smallest absolute Gasteiger partial charge is 0.376 e. The number of hydrogen-bond donors (Lipinski definition) is 2. The second-order valence-electron chi connectivity index (χ2n) is 16.7. The monoisotopic (exact) mass is 921 g/mol. The van der Waals surface area contributed by atoms with Crippen molar-refractivity contribution in [3.05, 3.63) is 130 Å². The maximum Gasteiger partial charge on any atom is 0.417 e. The van der Waals surface area contributed by atoms with Crippen molar-refractivity contribution in [3.63, 3.8) is 0 Å². The van der Waals surface area contributed by atoms with Gasteiger partial charge in [0.05, 0.1) is 46.1 Å². The minimum atomic E-state index is -4.87. The molecule has 1 fully saturated rings. The number of amides is 2. The molecule has 3 aliphatic rings. The summed E-state index contributed by atoms with van der Waals surface area (Å²) in [6.07, 6.45) is -0.976. The molecule has 4 heterocycles. The van der Waals surface area contributed by atoms with Gasteiger partial charge in [0.2, 0.25) is 5.91 Å². The van der Waals surface area contributed by atoms with Crippen LogP contribution in [0.5, 0.6) is 0 Å². The van der Waals surface area contributed by atoms with Gasteiger partial charge >= 0.3 is 6.18 Å². The van der Waals surface area contributed by atoms with E-state index in [2.05, 4.69) is 25.7 Å². The molecule has 1 unspecified atom stereocenters. The van der Waals surface area contributed by atoms with Crippen LogP contribution >= 0.6 is 12.2 Å². The molecular weight excluding hydrogens is 882 g/mol. The molecule has 2 amide bonds. The third-order valence-corrected chi connectivity index (χ3v) is 12.4. The number of aliphatic imine (C=N–C) groups is 1. The molecule has 0 bridgehead atoms. The molecule has 2 atom stereocenters. The Bertz CT molecular complexity index is 2910. The van der Waals surface area contributed by atoms with Crippen molar-refractivity contribution >= 4 is 69.2 Å². The summed E-state index contributed by atoms with van der Waals surface area (Å²) in [4.78, 5) is 63.6. The molecular formula is C47H40F5N9O4S. The highest BCUT2D eigenvalue weighted by atomic mass is 32.1. The van der Waals surface area contributed by atoms with Crippen molar-refractivity contribution < 1.29 is 41.1 Å². The Kier molecular flexibility index (Phi) is 12.1. The Morgan fingerprint density at radius 2 is 1.67 bits per heavy atom. The third-order valence-electron chi connectivity index (χ3n) is 12.0. The topological polar surface area (TPSA) is 166 Å². The number of unbranched alkanes of at least 4 members (excludes halogenated alkanes) is 3. The molecule has 19 heteroatoms. The quantitative estimate of drug-likeness (QED) is 0.0504. The van der Waals surface area contributed by atoms with Gasteiger partial charge in [-0.25, -0.2) is 13.8 Å². The Labute approximate surface area is 380 Å². The second kappa shape index (κ2) is 17.6. The van der Waals surface area contributed by atoms with Gasteiger partial charge in [-0.15, -0.1) is 0 Å². The van der Waals surface area contributed by atoms with Gasteiger partial charge in [-0.05, 0) is 105 Å². The Morgan fingerprint density at radius 1 is 0.955 bits per heavy atom. The number of aryl methyl sites for hydroxylation is 1. The van der Waals surface area contributed by atoms with Gasteiger partial charge in [-0.1, -0.05) is 25.0 Å². The Morgan fingerprint density at radius 3 is 2.33 bits per heavy atom. The van der Waals surface area contributed by atoms with Crippen molar-refractivity contribution in [2.45, 2.75) is 76.0 Å². The number of halogens is 5. The van der Waals surface area contributed by atoms with Crippen molar-refractivity contribution in [3.8, 4) is 6.07 Å². The molecule has 0 aliphatic carbocycles. The SMILES string of the molecule is Cn1ncnc1C1C2=NCC(=O)c3cc(F)cc(c32)N[C@@H]1c1ccc(NC(=O)CCCCCCC(=O)c2ccc(N3C(=S)N(c4ccc(C#N)c(C(F)(F)F)c4)C(=O)C3(C)C)cc2F)cc1. The summed E-state index contributed by atoms with van der Waals surface area (Å²) in [5.41, 5.74) is -0.315. The normalized spacial score (nSPS) is 17.6. The van der Waals surface area contributed by atoms with Gasteiger partial charge in [0.15, 0.2) is 16.7 Å². The lowest BCUT2D eigenvalue weighted by Gasteiger charge is -2.37. The Hall–Kier alpha value is -7.20. The summed E-state index contributed by atoms with van der Waals surface area (Å²) in [6, 6.07) is 17.4. The molecule has 338 valence electrons. The maximum absolute atomic E-state index is 15.5. The van der Waals surface area contributed by atoms with Crippen LogP contribution in [0.25, 0.3) is 0 Å². The van der Waals surface area contributed by atoms with Crippen LogP contribution in [0.3, 0.4) is 0 Å². The van der Waals surface area contributed by atoms with E-state index in [1.807, 2.05) is 12.1 Å². The number of thiocarbonyl (C=S) groups is 1. The van der Waals surface area contributed by atoms with E-state index in [0.29, 0.717) is 60.2 Å². The number of carbonyl (C=O) groups excluding carboxylic acids is 4. The summed E-state index contributed by atoms with van der Waals surface area (Å²) in [7, 11) is 1.76. The highest BCUT2D eigenvalue weighted by Gasteiger charge is 2.51. The van der Waals surface area contributed by atoms with E-state index < -0.39 is 58.1 Å². The molecule has 13 nitrogen and oxygen atoms in total. The molecule has 3 aliphatic heterocycles. The number of benzene rings is 4. The average Bonchev–Trinajstić information content (AvgIpc) is 3.77. The highest BCUT2D eigenvalue weighted by molar-refractivity contribution is 7.81. The molecule has 0 saturated carbocycles. The van der Waals surface area contributed by atoms with Crippen LogP contribution in [0.4, 0.5) is 44.7 Å². The summed E-state index contributed by atoms with van der Waals surface area (Å²) < 4.78 is 73.0. The summed E-state index contributed by atoms with van der Waals surface area (Å²) in [5, 5.41) is 19.5. The molecule has 0 radical (unpaired) electrons. The molecule has 0 spiro atoms. The van der Waals surface area contributed by atoms with Crippen molar-refractivity contribution in [2.75, 3.05) is 27.0 Å². The Balaban J connectivity index is 0.832. The fourth-order valence-electron chi connectivity index (χ4n) is 8.72. The minimum Gasteiger partial charge on any atom is -0.376 e. The number of nitrogens with one attached hydrogen (secondary N) is 2. The van der Waals surface area contributed by atoms with Gasteiger partial charge in [-0.3, -0.25) is 33.8 Å². The van der Waals surface area contributed by atoms with Crippen molar-refractivity contribution in [2.24, 2.45) is 12.0 Å². The zero-order valence-corrected chi connectivity index (χ0v) is 36.5. The predicted octanol–water partition coefficient (Wildman–Crippen LogP) is 9.00. The van der Waals surface area contributed by atoms with Crippen LogP contribution < -0.4 is 20.4 Å². The summed E-state index contributed by atoms with van der Waals surface area (Å²) in [6.45, 7) is 2.86. The molecule has 8 rings (SSSR count). The maximum atomic E-state index is 15.5. The molecule has 1 saturated heterocycles. The molecule has 5 aromatic rings. The largest absolute Gasteiger partial charge is 0.417 e. The lowest BCUT2D eigenvalue weighted by Crippen LogP contribution is -2.44. The first-order valence-electron chi connectivity index (χ1n) is 20.9. The number of nitrogens with zero attached hydrogens (tertiary/aromatic N) is 7. The second-order valence-corrected chi connectivity index (χ2v) is 17.0. The number of nitriles is 1. The third kappa shape index (κ3) is 8.43. The number of rotatable bonds is 13. The number of ketones is 2. The number of hydrogen-bond acceptors (Lipinski definition) is 10. The fraction of sp³-hybridized carbons (Fsp3) is 0.298. The highest BCUT2D eigenvalue weighted by Crippen LogP contribution is 2.45.